The second-order valence-corrected chi connectivity index (χ2v) is 6.44. The number of nitrogens with zero attached hydrogens (tertiary/aromatic N) is 2. The van der Waals surface area contributed by atoms with Crippen LogP contribution in [0, 0.1) is 5.92 Å². The number of methoxy groups -OCH3 is 1. The predicted octanol–water partition coefficient (Wildman–Crippen LogP) is 0.726. The summed E-state index contributed by atoms with van der Waals surface area (Å²) in [6, 6.07) is 5.95. The highest BCUT2D eigenvalue weighted by Gasteiger charge is 2.58. The Morgan fingerprint density at radius 2 is 1.79 bits per heavy atom. The fourth-order valence-corrected chi connectivity index (χ4v) is 3.55. The van der Waals surface area contributed by atoms with E-state index in [1.54, 1.807) is 36.3 Å². The second kappa shape index (κ2) is 5.99. The SMILES string of the molecule is COC(=O)c1ccc([C@H]2NN(C)[C@@H]3C(=O)N(C(C)C)C(=O)[C@H]23)cc1. The molecule has 1 N–H and O–H groups in total. The Morgan fingerprint density at radius 3 is 2.33 bits per heavy atom. The molecule has 0 aromatic heterocycles. The molecule has 1 aromatic carbocycles. The lowest BCUT2D eigenvalue weighted by atomic mass is 9.90. The highest BCUT2D eigenvalue weighted by Crippen LogP contribution is 2.40. The molecule has 2 heterocycles. The fraction of sp³-hybridized carbons (Fsp3) is 0.471. The van der Waals surface area contributed by atoms with Crippen molar-refractivity contribution in [1.82, 2.24) is 15.3 Å². The monoisotopic (exact) mass is 331 g/mol. The van der Waals surface area contributed by atoms with E-state index < -0.39 is 17.9 Å². The molecule has 3 atom stereocenters. The standard InChI is InChI=1S/C17H21N3O4/c1-9(2)20-15(21)12-13(18-19(3)14(12)16(20)22)10-5-7-11(8-6-10)17(23)24-4/h5-9,12-14,18H,1-4H3/t12-,13-,14+/m1/s1. The van der Waals surface area contributed by atoms with E-state index in [4.69, 9.17) is 4.74 Å². The van der Waals surface area contributed by atoms with Crippen molar-refractivity contribution in [3.63, 3.8) is 0 Å². The molecule has 0 saturated carbocycles. The molecular weight excluding hydrogens is 310 g/mol. The van der Waals surface area contributed by atoms with Crippen LogP contribution in [-0.4, -0.2) is 53.9 Å². The minimum atomic E-state index is -0.495. The molecule has 128 valence electrons. The number of likely N-dealkylation sites (tertiary alicyclic amines) is 1. The van der Waals surface area contributed by atoms with Gasteiger partial charge in [-0.2, -0.15) is 0 Å². The molecule has 0 spiro atoms. The zero-order chi connectivity index (χ0) is 17.6. The maximum atomic E-state index is 12.8. The number of rotatable bonds is 3. The van der Waals surface area contributed by atoms with Gasteiger partial charge in [-0.25, -0.2) is 15.2 Å². The van der Waals surface area contributed by atoms with Gasteiger partial charge in [0.05, 0.1) is 24.6 Å². The van der Waals surface area contributed by atoms with Crippen LogP contribution in [0.3, 0.4) is 0 Å². The summed E-state index contributed by atoms with van der Waals surface area (Å²) in [5.41, 5.74) is 4.51. The average molecular weight is 331 g/mol. The number of imide groups is 1. The van der Waals surface area contributed by atoms with Gasteiger partial charge >= 0.3 is 5.97 Å². The number of carbonyl (C=O) groups is 3. The maximum Gasteiger partial charge on any atom is 0.337 e. The Bertz CT molecular complexity index is 686. The number of esters is 1. The van der Waals surface area contributed by atoms with Crippen LogP contribution >= 0.6 is 0 Å². The summed E-state index contributed by atoms with van der Waals surface area (Å²) in [6.45, 7) is 3.68. The van der Waals surface area contributed by atoms with Gasteiger partial charge < -0.3 is 4.74 Å². The van der Waals surface area contributed by atoms with E-state index in [2.05, 4.69) is 5.43 Å². The summed E-state index contributed by atoms with van der Waals surface area (Å²) in [6.07, 6.45) is 0. The summed E-state index contributed by atoms with van der Waals surface area (Å²) in [5.74, 6) is -1.19. The van der Waals surface area contributed by atoms with Crippen molar-refractivity contribution in [2.45, 2.75) is 32.0 Å². The van der Waals surface area contributed by atoms with Crippen LogP contribution in [0.5, 0.6) is 0 Å². The number of nitrogens with one attached hydrogen (secondary N) is 1. The third kappa shape index (κ3) is 2.40. The Kier molecular flexibility index (Phi) is 4.15. The largest absolute Gasteiger partial charge is 0.465 e. The summed E-state index contributed by atoms with van der Waals surface area (Å²) in [5, 5.41) is 1.71. The lowest BCUT2D eigenvalue weighted by molar-refractivity contribution is -0.143. The topological polar surface area (TPSA) is 79.0 Å². The van der Waals surface area contributed by atoms with E-state index in [0.717, 1.165) is 5.56 Å². The molecule has 7 nitrogen and oxygen atoms in total. The lowest BCUT2D eigenvalue weighted by Crippen LogP contribution is -2.45. The van der Waals surface area contributed by atoms with Crippen LogP contribution in [0.1, 0.15) is 35.8 Å². The smallest absolute Gasteiger partial charge is 0.337 e. The van der Waals surface area contributed by atoms with Crippen molar-refractivity contribution in [3.05, 3.63) is 35.4 Å². The van der Waals surface area contributed by atoms with Crippen LogP contribution in [0.4, 0.5) is 0 Å². The third-order valence-electron chi connectivity index (χ3n) is 4.68. The zero-order valence-electron chi connectivity index (χ0n) is 14.1. The van der Waals surface area contributed by atoms with E-state index in [9.17, 15) is 14.4 Å². The number of hydrogen-bond donors (Lipinski definition) is 1. The minimum absolute atomic E-state index is 0.154. The van der Waals surface area contributed by atoms with Crippen LogP contribution in [0.15, 0.2) is 24.3 Å². The predicted molar refractivity (Wildman–Crippen MR) is 85.7 cm³/mol. The Balaban J connectivity index is 1.91. The van der Waals surface area contributed by atoms with Gasteiger partial charge in [0.25, 0.3) is 0 Å². The molecule has 0 aliphatic carbocycles. The van der Waals surface area contributed by atoms with E-state index in [1.807, 2.05) is 13.8 Å². The van der Waals surface area contributed by atoms with E-state index >= 15 is 0 Å². The average Bonchev–Trinajstić information content (AvgIpc) is 3.03. The van der Waals surface area contributed by atoms with Gasteiger partial charge in [0.2, 0.25) is 11.8 Å². The second-order valence-electron chi connectivity index (χ2n) is 6.44. The minimum Gasteiger partial charge on any atom is -0.465 e. The van der Waals surface area contributed by atoms with Gasteiger partial charge in [-0.3, -0.25) is 14.5 Å². The van der Waals surface area contributed by atoms with E-state index in [0.29, 0.717) is 5.56 Å². The van der Waals surface area contributed by atoms with Gasteiger partial charge in [-0.05, 0) is 31.5 Å². The van der Waals surface area contributed by atoms with Crippen molar-refractivity contribution in [2.75, 3.05) is 14.2 Å². The van der Waals surface area contributed by atoms with Crippen LogP contribution < -0.4 is 5.43 Å². The van der Waals surface area contributed by atoms with Crippen molar-refractivity contribution in [2.24, 2.45) is 5.92 Å². The first-order chi connectivity index (χ1) is 11.4. The molecule has 7 heteroatoms. The molecular formula is C17H21N3O4. The third-order valence-corrected chi connectivity index (χ3v) is 4.68. The fourth-order valence-electron chi connectivity index (χ4n) is 3.55. The van der Waals surface area contributed by atoms with Gasteiger partial charge in [-0.15, -0.1) is 0 Å². The van der Waals surface area contributed by atoms with Crippen molar-refractivity contribution < 1.29 is 19.1 Å². The normalized spacial score (nSPS) is 27.0. The first kappa shape index (κ1) is 16.6. The van der Waals surface area contributed by atoms with Gasteiger partial charge in [-0.1, -0.05) is 12.1 Å². The molecule has 0 radical (unpaired) electrons. The first-order valence-corrected chi connectivity index (χ1v) is 7.91. The first-order valence-electron chi connectivity index (χ1n) is 7.91. The van der Waals surface area contributed by atoms with Gasteiger partial charge in [0.1, 0.15) is 6.04 Å². The number of hydrogen-bond acceptors (Lipinski definition) is 6. The molecule has 2 aliphatic rings. The molecule has 2 amide bonds. The quantitative estimate of drug-likeness (QED) is 0.650. The molecule has 0 unspecified atom stereocenters. The van der Waals surface area contributed by atoms with Crippen LogP contribution in [0.2, 0.25) is 0 Å². The number of carbonyl (C=O) groups excluding carboxylic acids is 3. The van der Waals surface area contributed by atoms with Crippen molar-refractivity contribution >= 4 is 17.8 Å². The molecule has 0 bridgehead atoms. The van der Waals surface area contributed by atoms with E-state index in [-0.39, 0.29) is 23.9 Å². The van der Waals surface area contributed by atoms with E-state index in [1.165, 1.54) is 12.0 Å². The van der Waals surface area contributed by atoms with Crippen molar-refractivity contribution in [3.8, 4) is 0 Å². The van der Waals surface area contributed by atoms with Gasteiger partial charge in [0, 0.05) is 13.1 Å². The zero-order valence-corrected chi connectivity index (χ0v) is 14.1. The summed E-state index contributed by atoms with van der Waals surface area (Å²) < 4.78 is 4.69. The number of hydrazine groups is 1. The highest BCUT2D eigenvalue weighted by atomic mass is 16.5. The summed E-state index contributed by atoms with van der Waals surface area (Å²) in [4.78, 5) is 38.2. The summed E-state index contributed by atoms with van der Waals surface area (Å²) >= 11 is 0. The Labute approximate surface area is 140 Å². The molecule has 2 aliphatic heterocycles. The number of benzene rings is 1. The molecule has 1 aromatic rings. The molecule has 3 rings (SSSR count). The van der Waals surface area contributed by atoms with Gasteiger partial charge in [0.15, 0.2) is 0 Å². The molecule has 2 fully saturated rings. The molecule has 2 saturated heterocycles. The van der Waals surface area contributed by atoms with Crippen LogP contribution in [0.25, 0.3) is 0 Å². The number of likely N-dealkylation sites (N-methyl/N-ethyl adjacent to an activating group) is 1. The Hall–Kier alpha value is -2.25. The lowest BCUT2D eigenvalue weighted by Gasteiger charge is -2.24. The highest BCUT2D eigenvalue weighted by molar-refractivity contribution is 6.08. The number of fused-ring (bicyclic) bond motifs is 1. The van der Waals surface area contributed by atoms with Crippen LogP contribution in [-0.2, 0) is 14.3 Å². The Morgan fingerprint density at radius 1 is 1.17 bits per heavy atom. The maximum absolute atomic E-state index is 12.8. The van der Waals surface area contributed by atoms with Crippen molar-refractivity contribution in [1.29, 1.82) is 0 Å². The molecule has 24 heavy (non-hydrogen) atoms. The summed E-state index contributed by atoms with van der Waals surface area (Å²) in [7, 11) is 3.10. The number of amides is 2. The number of ether oxygens (including phenoxy) is 1.